The van der Waals surface area contributed by atoms with Crippen LogP contribution in [0.5, 0.6) is 0 Å². The van der Waals surface area contributed by atoms with Gasteiger partial charge in [-0.2, -0.15) is 0 Å². The second kappa shape index (κ2) is 5.59. The van der Waals surface area contributed by atoms with Gasteiger partial charge in [0.05, 0.1) is 11.2 Å². The van der Waals surface area contributed by atoms with Gasteiger partial charge in [0.2, 0.25) is 0 Å². The third-order valence-corrected chi connectivity index (χ3v) is 5.34. The van der Waals surface area contributed by atoms with Crippen molar-refractivity contribution in [1.82, 2.24) is 0 Å². The summed E-state index contributed by atoms with van der Waals surface area (Å²) >= 11 is 1.84. The third-order valence-electron chi connectivity index (χ3n) is 4.40. The van der Waals surface area contributed by atoms with Crippen LogP contribution < -0.4 is 0 Å². The molecule has 1 aliphatic heterocycles. The van der Waals surface area contributed by atoms with Crippen molar-refractivity contribution in [3.63, 3.8) is 0 Å². The minimum Gasteiger partial charge on any atom is -0.403 e. The first kappa shape index (κ1) is 15.1. The SMILES string of the molecule is C[C@@H](CCCc1cccs1)B1OC(C)(C)C(C)(C)O1. The lowest BCUT2D eigenvalue weighted by Gasteiger charge is -2.32. The van der Waals surface area contributed by atoms with Gasteiger partial charge in [0.15, 0.2) is 0 Å². The van der Waals surface area contributed by atoms with Crippen LogP contribution in [-0.4, -0.2) is 18.3 Å². The van der Waals surface area contributed by atoms with Gasteiger partial charge in [0.25, 0.3) is 0 Å². The summed E-state index contributed by atoms with van der Waals surface area (Å²) in [6.45, 7) is 10.7. The van der Waals surface area contributed by atoms with Crippen molar-refractivity contribution < 1.29 is 9.31 Å². The molecule has 2 nitrogen and oxygen atoms in total. The molecule has 1 atom stereocenters. The highest BCUT2D eigenvalue weighted by Crippen LogP contribution is 2.40. The molecule has 0 aliphatic carbocycles. The van der Waals surface area contributed by atoms with Gasteiger partial charge in [-0.15, -0.1) is 11.3 Å². The fourth-order valence-corrected chi connectivity index (χ4v) is 3.06. The molecule has 106 valence electrons. The third kappa shape index (κ3) is 3.42. The van der Waals surface area contributed by atoms with Crippen molar-refractivity contribution in [2.75, 3.05) is 0 Å². The molecule has 2 rings (SSSR count). The fraction of sp³-hybridized carbons (Fsp3) is 0.733. The Bertz CT molecular complexity index is 384. The molecule has 1 aliphatic rings. The summed E-state index contributed by atoms with van der Waals surface area (Å²) < 4.78 is 12.2. The van der Waals surface area contributed by atoms with Crippen LogP contribution in [0.4, 0.5) is 0 Å². The van der Waals surface area contributed by atoms with E-state index in [0.717, 1.165) is 6.42 Å². The molecule has 2 heterocycles. The molecule has 0 unspecified atom stereocenters. The molecule has 0 amide bonds. The lowest BCUT2D eigenvalue weighted by molar-refractivity contribution is 0.00578. The maximum Gasteiger partial charge on any atom is 0.460 e. The van der Waals surface area contributed by atoms with Crippen LogP contribution in [-0.2, 0) is 15.7 Å². The quantitative estimate of drug-likeness (QED) is 0.736. The summed E-state index contributed by atoms with van der Waals surface area (Å²) in [5.41, 5.74) is -0.417. The zero-order valence-electron chi connectivity index (χ0n) is 12.7. The smallest absolute Gasteiger partial charge is 0.403 e. The average Bonchev–Trinajstić information content (AvgIpc) is 2.86. The van der Waals surface area contributed by atoms with Gasteiger partial charge in [0.1, 0.15) is 0 Å². The van der Waals surface area contributed by atoms with Crippen LogP contribution in [0, 0.1) is 0 Å². The average molecular weight is 280 g/mol. The highest BCUT2D eigenvalue weighted by molar-refractivity contribution is 7.09. The van der Waals surface area contributed by atoms with Crippen LogP contribution in [0.15, 0.2) is 17.5 Å². The van der Waals surface area contributed by atoms with E-state index in [0.29, 0.717) is 5.82 Å². The van der Waals surface area contributed by atoms with E-state index >= 15 is 0 Å². The molecule has 0 saturated carbocycles. The van der Waals surface area contributed by atoms with E-state index in [1.807, 2.05) is 11.3 Å². The lowest BCUT2D eigenvalue weighted by atomic mass is 9.70. The van der Waals surface area contributed by atoms with Crippen LogP contribution in [0.1, 0.15) is 52.3 Å². The largest absolute Gasteiger partial charge is 0.460 e. The Labute approximate surface area is 121 Å². The molecule has 0 spiro atoms. The molecule has 0 bridgehead atoms. The Balaban J connectivity index is 1.80. The Morgan fingerprint density at radius 1 is 1.21 bits per heavy atom. The van der Waals surface area contributed by atoms with Crippen molar-refractivity contribution in [2.24, 2.45) is 0 Å². The Morgan fingerprint density at radius 3 is 2.37 bits per heavy atom. The maximum atomic E-state index is 6.09. The lowest BCUT2D eigenvalue weighted by Crippen LogP contribution is -2.41. The van der Waals surface area contributed by atoms with E-state index in [4.69, 9.17) is 9.31 Å². The van der Waals surface area contributed by atoms with Crippen molar-refractivity contribution >= 4 is 18.5 Å². The number of aryl methyl sites for hydroxylation is 1. The van der Waals surface area contributed by atoms with Crippen LogP contribution in [0.3, 0.4) is 0 Å². The fourth-order valence-electron chi connectivity index (χ4n) is 2.31. The summed E-state index contributed by atoms with van der Waals surface area (Å²) in [4.78, 5) is 1.47. The first-order chi connectivity index (χ1) is 8.82. The normalized spacial score (nSPS) is 22.7. The first-order valence-corrected chi connectivity index (χ1v) is 8.08. The van der Waals surface area contributed by atoms with E-state index < -0.39 is 0 Å². The van der Waals surface area contributed by atoms with Gasteiger partial charge in [-0.1, -0.05) is 19.4 Å². The van der Waals surface area contributed by atoms with Crippen molar-refractivity contribution in [1.29, 1.82) is 0 Å². The molecule has 19 heavy (non-hydrogen) atoms. The van der Waals surface area contributed by atoms with E-state index in [2.05, 4.69) is 52.1 Å². The molecule has 1 aromatic heterocycles. The Morgan fingerprint density at radius 2 is 1.84 bits per heavy atom. The van der Waals surface area contributed by atoms with Crippen molar-refractivity contribution in [2.45, 2.75) is 70.9 Å². The molecule has 0 N–H and O–H groups in total. The molecule has 0 aromatic carbocycles. The minimum absolute atomic E-state index is 0.0617. The predicted octanol–water partition coefficient (Wildman–Crippen LogP) is 4.55. The molecular weight excluding hydrogens is 255 g/mol. The number of rotatable bonds is 5. The summed E-state index contributed by atoms with van der Waals surface area (Å²) in [5, 5.41) is 2.15. The van der Waals surface area contributed by atoms with Gasteiger partial charge >= 0.3 is 7.12 Å². The Hall–Kier alpha value is -0.315. The van der Waals surface area contributed by atoms with E-state index in [1.165, 1.54) is 17.7 Å². The molecule has 1 fully saturated rings. The predicted molar refractivity (Wildman–Crippen MR) is 82.8 cm³/mol. The van der Waals surface area contributed by atoms with Crippen molar-refractivity contribution in [3.05, 3.63) is 22.4 Å². The summed E-state index contributed by atoms with van der Waals surface area (Å²) in [6, 6.07) is 4.34. The number of hydrogen-bond donors (Lipinski definition) is 0. The second-order valence-electron chi connectivity index (χ2n) is 6.57. The maximum absolute atomic E-state index is 6.09. The van der Waals surface area contributed by atoms with Crippen LogP contribution in [0.2, 0.25) is 5.82 Å². The molecular formula is C15H25BO2S. The van der Waals surface area contributed by atoms with Gasteiger partial charge in [-0.3, -0.25) is 0 Å². The van der Waals surface area contributed by atoms with E-state index in [9.17, 15) is 0 Å². The van der Waals surface area contributed by atoms with Gasteiger partial charge in [-0.05, 0) is 57.8 Å². The number of hydrogen-bond acceptors (Lipinski definition) is 3. The van der Waals surface area contributed by atoms with Gasteiger partial charge < -0.3 is 9.31 Å². The Kier molecular flexibility index (Phi) is 4.43. The first-order valence-electron chi connectivity index (χ1n) is 7.20. The number of thiophene rings is 1. The van der Waals surface area contributed by atoms with E-state index in [-0.39, 0.29) is 18.3 Å². The highest BCUT2D eigenvalue weighted by Gasteiger charge is 2.52. The highest BCUT2D eigenvalue weighted by atomic mass is 32.1. The monoisotopic (exact) mass is 280 g/mol. The second-order valence-corrected chi connectivity index (χ2v) is 7.61. The van der Waals surface area contributed by atoms with Crippen molar-refractivity contribution in [3.8, 4) is 0 Å². The molecule has 1 saturated heterocycles. The zero-order valence-corrected chi connectivity index (χ0v) is 13.5. The summed E-state index contributed by atoms with van der Waals surface area (Å²) in [5.74, 6) is 0.445. The zero-order chi connectivity index (χ0) is 14.1. The molecule has 1 aromatic rings. The van der Waals surface area contributed by atoms with Crippen LogP contribution in [0.25, 0.3) is 0 Å². The van der Waals surface area contributed by atoms with Crippen LogP contribution >= 0.6 is 11.3 Å². The topological polar surface area (TPSA) is 18.5 Å². The summed E-state index contributed by atoms with van der Waals surface area (Å²) in [6.07, 6.45) is 3.52. The summed E-state index contributed by atoms with van der Waals surface area (Å²) in [7, 11) is -0.0617. The molecule has 0 radical (unpaired) electrons. The standard InChI is InChI=1S/C15H25BO2S/c1-12(8-6-9-13-10-7-11-19-13)16-17-14(2,3)15(4,5)18-16/h7,10-12H,6,8-9H2,1-5H3/t12-/m0/s1. The van der Waals surface area contributed by atoms with Gasteiger partial charge in [-0.25, -0.2) is 0 Å². The molecule has 4 heteroatoms. The minimum atomic E-state index is -0.209. The van der Waals surface area contributed by atoms with Gasteiger partial charge in [0, 0.05) is 4.88 Å². The van der Waals surface area contributed by atoms with E-state index in [1.54, 1.807) is 0 Å².